The molecule has 5 heteroatoms. The fourth-order valence-electron chi connectivity index (χ4n) is 2.19. The molecule has 0 amide bonds. The molecule has 0 unspecified atom stereocenters. The van der Waals surface area contributed by atoms with Crippen LogP contribution in [0.1, 0.15) is 12.5 Å². The number of carbonyl (C=O) groups excluding carboxylic acids is 1. The summed E-state index contributed by atoms with van der Waals surface area (Å²) in [6, 6.07) is 15.3. The second kappa shape index (κ2) is 7.37. The molecule has 3 aromatic rings. The minimum absolute atomic E-state index is 0.242. The molecule has 0 aliphatic rings. The monoisotopic (exact) mass is 320 g/mol. The highest BCUT2D eigenvalue weighted by Gasteiger charge is 2.06. The summed E-state index contributed by atoms with van der Waals surface area (Å²) in [6.07, 6.45) is 5.14. The van der Waals surface area contributed by atoms with Gasteiger partial charge in [0, 0.05) is 6.92 Å². The van der Waals surface area contributed by atoms with Crippen molar-refractivity contribution in [3.05, 3.63) is 66.5 Å². The van der Waals surface area contributed by atoms with Gasteiger partial charge in [0.25, 0.3) is 0 Å². The van der Waals surface area contributed by atoms with Gasteiger partial charge in [0.05, 0.1) is 10.9 Å². The molecule has 0 spiro atoms. The smallest absolute Gasteiger partial charge is 0.302 e. The number of nitrogens with zero attached hydrogens (tertiary/aromatic N) is 2. The minimum Gasteiger partial charge on any atom is -0.462 e. The van der Waals surface area contributed by atoms with Crippen molar-refractivity contribution in [1.82, 2.24) is 9.97 Å². The summed E-state index contributed by atoms with van der Waals surface area (Å²) < 4.78 is 10.7. The summed E-state index contributed by atoms with van der Waals surface area (Å²) in [4.78, 5) is 19.3. The first-order valence-electron chi connectivity index (χ1n) is 7.50. The van der Waals surface area contributed by atoms with Crippen molar-refractivity contribution < 1.29 is 14.3 Å². The van der Waals surface area contributed by atoms with Crippen molar-refractivity contribution >= 4 is 22.9 Å². The van der Waals surface area contributed by atoms with E-state index in [4.69, 9.17) is 9.47 Å². The van der Waals surface area contributed by atoms with Gasteiger partial charge in [-0.2, -0.15) is 0 Å². The van der Waals surface area contributed by atoms with Crippen LogP contribution in [0.25, 0.3) is 17.0 Å². The molecule has 0 N–H and O–H groups in total. The normalized spacial score (nSPS) is 10.9. The molecule has 24 heavy (non-hydrogen) atoms. The fourth-order valence-corrected chi connectivity index (χ4v) is 2.19. The number of benzene rings is 2. The fraction of sp³-hybridized carbons (Fsp3) is 0.105. The number of ether oxygens (including phenoxy) is 2. The Morgan fingerprint density at radius 2 is 1.96 bits per heavy atom. The SMILES string of the molecule is CC(=O)OC/C=C/c1ccc2ncnc(Oc3ccccc3)c2c1. The molecule has 1 aromatic heterocycles. The molecule has 2 aromatic carbocycles. The maximum atomic E-state index is 10.8. The molecule has 0 radical (unpaired) electrons. The summed E-state index contributed by atoms with van der Waals surface area (Å²) in [5, 5.41) is 0.816. The zero-order valence-corrected chi connectivity index (χ0v) is 13.2. The van der Waals surface area contributed by atoms with Crippen LogP contribution < -0.4 is 4.74 Å². The van der Waals surface area contributed by atoms with Crippen molar-refractivity contribution in [3.63, 3.8) is 0 Å². The van der Waals surface area contributed by atoms with Crippen molar-refractivity contribution in [1.29, 1.82) is 0 Å². The van der Waals surface area contributed by atoms with Crippen LogP contribution in [-0.4, -0.2) is 22.5 Å². The van der Waals surface area contributed by atoms with Crippen molar-refractivity contribution in [2.75, 3.05) is 6.61 Å². The number of rotatable bonds is 5. The van der Waals surface area contributed by atoms with Crippen molar-refractivity contribution in [2.45, 2.75) is 6.92 Å². The molecule has 3 rings (SSSR count). The second-order valence-corrected chi connectivity index (χ2v) is 5.08. The predicted molar refractivity (Wildman–Crippen MR) is 91.7 cm³/mol. The Morgan fingerprint density at radius 1 is 1.12 bits per heavy atom. The maximum absolute atomic E-state index is 10.8. The zero-order chi connectivity index (χ0) is 16.8. The Balaban J connectivity index is 1.87. The lowest BCUT2D eigenvalue weighted by molar-refractivity contribution is -0.139. The van der Waals surface area contributed by atoms with Crippen LogP contribution in [0.3, 0.4) is 0 Å². The van der Waals surface area contributed by atoms with Crippen molar-refractivity contribution in [3.8, 4) is 11.6 Å². The van der Waals surface area contributed by atoms with E-state index in [1.807, 2.05) is 54.6 Å². The average Bonchev–Trinajstić information content (AvgIpc) is 2.60. The van der Waals surface area contributed by atoms with Gasteiger partial charge in [-0.15, -0.1) is 0 Å². The molecule has 0 bridgehead atoms. The van der Waals surface area contributed by atoms with Crippen LogP contribution in [0.2, 0.25) is 0 Å². The van der Waals surface area contributed by atoms with Gasteiger partial charge >= 0.3 is 5.97 Å². The Labute approximate surface area is 139 Å². The van der Waals surface area contributed by atoms with E-state index in [0.717, 1.165) is 16.5 Å². The van der Waals surface area contributed by atoms with Gasteiger partial charge in [-0.25, -0.2) is 9.97 Å². The zero-order valence-electron chi connectivity index (χ0n) is 13.2. The van der Waals surface area contributed by atoms with Gasteiger partial charge in [0.1, 0.15) is 18.7 Å². The molecule has 0 fully saturated rings. The van der Waals surface area contributed by atoms with Gasteiger partial charge in [0.15, 0.2) is 0 Å². The summed E-state index contributed by atoms with van der Waals surface area (Å²) in [7, 11) is 0. The molecule has 5 nitrogen and oxygen atoms in total. The molecular weight excluding hydrogens is 304 g/mol. The van der Waals surface area contributed by atoms with Crippen LogP contribution in [0.4, 0.5) is 0 Å². The third-order valence-electron chi connectivity index (χ3n) is 3.27. The first-order chi connectivity index (χ1) is 11.7. The number of para-hydroxylation sites is 1. The Morgan fingerprint density at radius 3 is 2.75 bits per heavy atom. The van der Waals surface area contributed by atoms with Gasteiger partial charge in [-0.1, -0.05) is 30.3 Å². The van der Waals surface area contributed by atoms with Crippen LogP contribution in [0, 0.1) is 0 Å². The van der Waals surface area contributed by atoms with Crippen LogP contribution in [0.5, 0.6) is 11.6 Å². The highest BCUT2D eigenvalue weighted by molar-refractivity contribution is 5.85. The van der Waals surface area contributed by atoms with Crippen LogP contribution in [0.15, 0.2) is 60.9 Å². The Bertz CT molecular complexity index is 876. The quantitative estimate of drug-likeness (QED) is 0.665. The van der Waals surface area contributed by atoms with Gasteiger partial charge in [-0.3, -0.25) is 4.79 Å². The molecule has 120 valence electrons. The van der Waals surface area contributed by atoms with Crippen LogP contribution >= 0.6 is 0 Å². The Hall–Kier alpha value is -3.21. The van der Waals surface area contributed by atoms with Crippen molar-refractivity contribution in [2.24, 2.45) is 0 Å². The average molecular weight is 320 g/mol. The van der Waals surface area contributed by atoms with Gasteiger partial charge < -0.3 is 9.47 Å². The van der Waals surface area contributed by atoms with E-state index in [1.54, 1.807) is 6.08 Å². The van der Waals surface area contributed by atoms with Crippen LogP contribution in [-0.2, 0) is 9.53 Å². The number of aromatic nitrogens is 2. The molecule has 0 saturated heterocycles. The summed E-state index contributed by atoms with van der Waals surface area (Å²) in [5.41, 5.74) is 1.75. The highest BCUT2D eigenvalue weighted by atomic mass is 16.5. The standard InChI is InChI=1S/C19H16N2O3/c1-14(22)23-11-5-6-15-9-10-18-17(12-15)19(21-13-20-18)24-16-7-3-2-4-8-16/h2-10,12-13H,11H2,1H3/b6-5+. The lowest BCUT2D eigenvalue weighted by Crippen LogP contribution is -1.97. The molecule has 0 aliphatic heterocycles. The maximum Gasteiger partial charge on any atom is 0.302 e. The van der Waals surface area contributed by atoms with E-state index >= 15 is 0 Å². The van der Waals surface area contributed by atoms with E-state index in [-0.39, 0.29) is 12.6 Å². The van der Waals surface area contributed by atoms with E-state index in [0.29, 0.717) is 11.6 Å². The molecule has 0 saturated carbocycles. The second-order valence-electron chi connectivity index (χ2n) is 5.08. The number of carbonyl (C=O) groups is 1. The molecular formula is C19H16N2O3. The molecule has 1 heterocycles. The number of esters is 1. The highest BCUT2D eigenvalue weighted by Crippen LogP contribution is 2.27. The first kappa shape index (κ1) is 15.7. The largest absolute Gasteiger partial charge is 0.462 e. The number of hydrogen-bond donors (Lipinski definition) is 0. The lowest BCUT2D eigenvalue weighted by atomic mass is 10.1. The molecule has 0 aliphatic carbocycles. The number of hydrogen-bond acceptors (Lipinski definition) is 5. The topological polar surface area (TPSA) is 61.3 Å². The third kappa shape index (κ3) is 3.95. The summed E-state index contributed by atoms with van der Waals surface area (Å²) in [6.45, 7) is 1.63. The Kier molecular flexibility index (Phi) is 4.81. The minimum atomic E-state index is -0.301. The summed E-state index contributed by atoms with van der Waals surface area (Å²) >= 11 is 0. The van der Waals surface area contributed by atoms with E-state index < -0.39 is 0 Å². The third-order valence-corrected chi connectivity index (χ3v) is 3.27. The van der Waals surface area contributed by atoms with E-state index in [9.17, 15) is 4.79 Å². The number of fused-ring (bicyclic) bond motifs is 1. The van der Waals surface area contributed by atoms with Gasteiger partial charge in [0.2, 0.25) is 5.88 Å². The van der Waals surface area contributed by atoms with Gasteiger partial charge in [-0.05, 0) is 35.9 Å². The van der Waals surface area contributed by atoms with E-state index in [2.05, 4.69) is 9.97 Å². The predicted octanol–water partition coefficient (Wildman–Crippen LogP) is 4.00. The van der Waals surface area contributed by atoms with E-state index in [1.165, 1.54) is 13.3 Å². The summed E-state index contributed by atoms with van der Waals surface area (Å²) in [5.74, 6) is 0.917. The lowest BCUT2D eigenvalue weighted by Gasteiger charge is -2.07. The first-order valence-corrected chi connectivity index (χ1v) is 7.50. The molecule has 0 atom stereocenters.